The molecule has 0 saturated heterocycles. The first-order chi connectivity index (χ1) is 13.1. The van der Waals surface area contributed by atoms with Crippen LogP contribution in [0.2, 0.25) is 0 Å². The van der Waals surface area contributed by atoms with Crippen LogP contribution < -0.4 is 5.32 Å². The summed E-state index contributed by atoms with van der Waals surface area (Å²) in [4.78, 5) is 22.6. The summed E-state index contributed by atoms with van der Waals surface area (Å²) in [5.41, 5.74) is 2.20. The van der Waals surface area contributed by atoms with Gasteiger partial charge in [-0.25, -0.2) is 14.8 Å². The lowest BCUT2D eigenvalue weighted by Crippen LogP contribution is -2.02. The quantitative estimate of drug-likeness (QED) is 0.511. The summed E-state index contributed by atoms with van der Waals surface area (Å²) < 4.78 is 0. The number of rotatable bonds is 5. The molecule has 0 aliphatic heterocycles. The number of nitrogens with zero attached hydrogens (tertiary/aromatic N) is 2. The van der Waals surface area contributed by atoms with Gasteiger partial charge in [0.2, 0.25) is 0 Å². The zero-order valence-electron chi connectivity index (χ0n) is 14.6. The summed E-state index contributed by atoms with van der Waals surface area (Å²) in [6.07, 6.45) is 0.653. The molecular formula is C21H17N3O2S. The summed E-state index contributed by atoms with van der Waals surface area (Å²) in [7, 11) is 0. The Balaban J connectivity index is 1.70. The normalized spacial score (nSPS) is 10.9. The van der Waals surface area contributed by atoms with Crippen molar-refractivity contribution in [2.45, 2.75) is 13.3 Å². The first-order valence-corrected chi connectivity index (χ1v) is 9.31. The average molecular weight is 375 g/mol. The maximum atomic E-state index is 11.0. The Labute approximate surface area is 160 Å². The number of carboxylic acids is 1. The van der Waals surface area contributed by atoms with Gasteiger partial charge in [0.1, 0.15) is 16.5 Å². The third kappa shape index (κ3) is 3.80. The van der Waals surface area contributed by atoms with Crippen molar-refractivity contribution >= 4 is 39.0 Å². The molecule has 0 atom stereocenters. The van der Waals surface area contributed by atoms with Crippen molar-refractivity contribution < 1.29 is 9.90 Å². The first-order valence-electron chi connectivity index (χ1n) is 8.50. The van der Waals surface area contributed by atoms with Gasteiger partial charge < -0.3 is 10.4 Å². The molecule has 5 nitrogen and oxygen atoms in total. The van der Waals surface area contributed by atoms with Crippen molar-refractivity contribution in [3.63, 3.8) is 0 Å². The van der Waals surface area contributed by atoms with E-state index >= 15 is 0 Å². The number of benzene rings is 2. The van der Waals surface area contributed by atoms with Crippen LogP contribution in [-0.2, 0) is 6.42 Å². The van der Waals surface area contributed by atoms with Crippen LogP contribution in [0.15, 0.2) is 60.7 Å². The molecule has 6 heteroatoms. The van der Waals surface area contributed by atoms with Gasteiger partial charge in [0.25, 0.3) is 0 Å². The fourth-order valence-electron chi connectivity index (χ4n) is 2.87. The van der Waals surface area contributed by atoms with Gasteiger partial charge in [-0.2, -0.15) is 0 Å². The zero-order chi connectivity index (χ0) is 18.8. The van der Waals surface area contributed by atoms with Crippen molar-refractivity contribution in [2.75, 3.05) is 5.32 Å². The Morgan fingerprint density at radius 3 is 2.52 bits per heavy atom. The van der Waals surface area contributed by atoms with E-state index in [2.05, 4.69) is 30.4 Å². The summed E-state index contributed by atoms with van der Waals surface area (Å²) in [6, 6.07) is 18.8. The second-order valence-electron chi connectivity index (χ2n) is 6.23. The SMILES string of the molecule is Cc1cc2c(Nc3ccc(C(=O)O)cc3)nc(Cc3ccccc3)nc2s1. The topological polar surface area (TPSA) is 75.1 Å². The van der Waals surface area contributed by atoms with Crippen LogP contribution in [-0.4, -0.2) is 21.0 Å². The molecule has 0 bridgehead atoms. The highest BCUT2D eigenvalue weighted by Crippen LogP contribution is 2.30. The van der Waals surface area contributed by atoms with E-state index in [-0.39, 0.29) is 5.56 Å². The van der Waals surface area contributed by atoms with Crippen molar-refractivity contribution in [1.29, 1.82) is 0 Å². The molecule has 0 saturated carbocycles. The van der Waals surface area contributed by atoms with Gasteiger partial charge in [0.05, 0.1) is 10.9 Å². The van der Waals surface area contributed by atoms with E-state index in [1.807, 2.05) is 18.2 Å². The Kier molecular flexibility index (Phi) is 4.56. The standard InChI is InChI=1S/C21H17N3O2S/c1-13-11-17-19(22-16-9-7-15(8-10-16)21(25)26)23-18(24-20(17)27-13)12-14-5-3-2-4-6-14/h2-11H,12H2,1H3,(H,25,26)(H,22,23,24). The maximum absolute atomic E-state index is 11.0. The van der Waals surface area contributed by atoms with Crippen molar-refractivity contribution in [2.24, 2.45) is 0 Å². The van der Waals surface area contributed by atoms with Gasteiger partial charge in [0.15, 0.2) is 0 Å². The Hall–Kier alpha value is -3.25. The number of aromatic carboxylic acids is 1. The lowest BCUT2D eigenvalue weighted by Gasteiger charge is -2.09. The van der Waals surface area contributed by atoms with Gasteiger partial charge in [0, 0.05) is 17.0 Å². The lowest BCUT2D eigenvalue weighted by atomic mass is 10.1. The molecule has 2 aromatic carbocycles. The molecule has 4 aromatic rings. The average Bonchev–Trinajstić information content (AvgIpc) is 3.03. The number of hydrogen-bond donors (Lipinski definition) is 2. The van der Waals surface area contributed by atoms with Gasteiger partial charge in [-0.05, 0) is 42.8 Å². The fourth-order valence-corrected chi connectivity index (χ4v) is 3.77. The van der Waals surface area contributed by atoms with E-state index in [1.54, 1.807) is 35.6 Å². The molecule has 0 spiro atoms. The predicted octanol–water partition coefficient (Wildman–Crippen LogP) is 5.03. The molecule has 134 valence electrons. The third-order valence-electron chi connectivity index (χ3n) is 4.16. The molecule has 0 radical (unpaired) electrons. The highest BCUT2D eigenvalue weighted by molar-refractivity contribution is 7.18. The van der Waals surface area contributed by atoms with Crippen molar-refractivity contribution in [3.05, 3.63) is 82.5 Å². The number of aryl methyl sites for hydroxylation is 1. The van der Waals surface area contributed by atoms with Gasteiger partial charge >= 0.3 is 5.97 Å². The largest absolute Gasteiger partial charge is 0.478 e. The van der Waals surface area contributed by atoms with Crippen LogP contribution in [0, 0.1) is 6.92 Å². The molecule has 0 aliphatic rings. The number of carboxylic acid groups (broad SMARTS) is 1. The Morgan fingerprint density at radius 1 is 1.07 bits per heavy atom. The molecule has 0 amide bonds. The lowest BCUT2D eigenvalue weighted by molar-refractivity contribution is 0.0697. The number of fused-ring (bicyclic) bond motifs is 1. The van der Waals surface area contributed by atoms with Gasteiger partial charge in [-0.1, -0.05) is 30.3 Å². The number of thiophene rings is 1. The first kappa shape index (κ1) is 17.2. The van der Waals surface area contributed by atoms with E-state index < -0.39 is 5.97 Å². The summed E-state index contributed by atoms with van der Waals surface area (Å²) in [5.74, 6) is 0.545. The number of nitrogens with one attached hydrogen (secondary N) is 1. The van der Waals surface area contributed by atoms with E-state index in [9.17, 15) is 4.79 Å². The minimum absolute atomic E-state index is 0.254. The smallest absolute Gasteiger partial charge is 0.335 e. The fraction of sp³-hybridized carbons (Fsp3) is 0.0952. The van der Waals surface area contributed by atoms with Crippen LogP contribution in [0.25, 0.3) is 10.2 Å². The number of aromatic nitrogens is 2. The second-order valence-corrected chi connectivity index (χ2v) is 7.47. The molecule has 0 fully saturated rings. The van der Waals surface area contributed by atoms with Crippen molar-refractivity contribution in [1.82, 2.24) is 9.97 Å². The number of carbonyl (C=O) groups is 1. The highest BCUT2D eigenvalue weighted by Gasteiger charge is 2.12. The van der Waals surface area contributed by atoms with Crippen LogP contribution in [0.3, 0.4) is 0 Å². The monoisotopic (exact) mass is 375 g/mol. The molecule has 0 aliphatic carbocycles. The van der Waals surface area contributed by atoms with Crippen LogP contribution in [0.5, 0.6) is 0 Å². The molecule has 4 rings (SSSR count). The zero-order valence-corrected chi connectivity index (χ0v) is 15.5. The van der Waals surface area contributed by atoms with E-state index in [0.717, 1.165) is 33.1 Å². The van der Waals surface area contributed by atoms with E-state index in [0.29, 0.717) is 6.42 Å². The number of anilines is 2. The Bertz CT molecular complexity index is 1110. The molecule has 0 unspecified atom stereocenters. The van der Waals surface area contributed by atoms with Crippen LogP contribution in [0.4, 0.5) is 11.5 Å². The molecule has 27 heavy (non-hydrogen) atoms. The maximum Gasteiger partial charge on any atom is 0.335 e. The predicted molar refractivity (Wildman–Crippen MR) is 108 cm³/mol. The van der Waals surface area contributed by atoms with E-state index in [1.165, 1.54) is 4.88 Å². The molecule has 2 N–H and O–H groups in total. The van der Waals surface area contributed by atoms with Crippen LogP contribution in [0.1, 0.15) is 26.6 Å². The minimum Gasteiger partial charge on any atom is -0.478 e. The molecule has 2 heterocycles. The van der Waals surface area contributed by atoms with Crippen molar-refractivity contribution in [3.8, 4) is 0 Å². The molecule has 2 aromatic heterocycles. The minimum atomic E-state index is -0.940. The summed E-state index contributed by atoms with van der Waals surface area (Å²) in [5, 5.41) is 13.3. The summed E-state index contributed by atoms with van der Waals surface area (Å²) in [6.45, 7) is 2.05. The van der Waals surface area contributed by atoms with Gasteiger partial charge in [-0.3, -0.25) is 0 Å². The van der Waals surface area contributed by atoms with Crippen LogP contribution >= 0.6 is 11.3 Å². The summed E-state index contributed by atoms with van der Waals surface area (Å²) >= 11 is 1.64. The molecular weight excluding hydrogens is 358 g/mol. The van der Waals surface area contributed by atoms with Gasteiger partial charge in [-0.15, -0.1) is 11.3 Å². The second kappa shape index (κ2) is 7.17. The highest BCUT2D eigenvalue weighted by atomic mass is 32.1. The van der Waals surface area contributed by atoms with E-state index in [4.69, 9.17) is 15.1 Å². The Morgan fingerprint density at radius 2 is 1.81 bits per heavy atom. The third-order valence-corrected chi connectivity index (χ3v) is 5.11. The number of hydrogen-bond acceptors (Lipinski definition) is 5.